The lowest BCUT2D eigenvalue weighted by Crippen LogP contribution is -2.45. The van der Waals surface area contributed by atoms with Gasteiger partial charge in [0.05, 0.1) is 11.3 Å². The smallest absolute Gasteiger partial charge is 0.257 e. The van der Waals surface area contributed by atoms with Crippen molar-refractivity contribution in [3.8, 4) is 0 Å². The molecule has 0 amide bonds. The molecule has 1 aliphatic rings. The third-order valence-electron chi connectivity index (χ3n) is 5.85. The highest BCUT2D eigenvalue weighted by Crippen LogP contribution is 2.19. The number of aromatic amines is 1. The zero-order valence-corrected chi connectivity index (χ0v) is 20.1. The number of nitrogen functional groups attached to an aromatic ring is 1. The number of nitrogens with zero attached hydrogens (tertiary/aromatic N) is 3. The van der Waals surface area contributed by atoms with E-state index in [-0.39, 0.29) is 5.56 Å². The van der Waals surface area contributed by atoms with Gasteiger partial charge in [-0.25, -0.2) is 4.98 Å². The van der Waals surface area contributed by atoms with Crippen LogP contribution in [0, 0.1) is 0 Å². The van der Waals surface area contributed by atoms with E-state index in [0.717, 1.165) is 38.4 Å². The van der Waals surface area contributed by atoms with Gasteiger partial charge < -0.3 is 37.3 Å². The van der Waals surface area contributed by atoms with E-state index >= 15 is 0 Å². The van der Waals surface area contributed by atoms with Gasteiger partial charge in [-0.15, -0.1) is 0 Å². The van der Waals surface area contributed by atoms with Crippen molar-refractivity contribution in [3.05, 3.63) is 101 Å². The number of rotatable bonds is 9. The minimum absolute atomic E-state index is 0.299. The molecule has 0 aliphatic carbocycles. The first-order chi connectivity index (χ1) is 16.8. The van der Waals surface area contributed by atoms with Crippen LogP contribution in [0.2, 0.25) is 0 Å². The van der Waals surface area contributed by atoms with Crippen molar-refractivity contribution >= 4 is 23.3 Å². The van der Waals surface area contributed by atoms with Crippen molar-refractivity contribution in [2.75, 3.05) is 38.5 Å². The van der Waals surface area contributed by atoms with Crippen LogP contribution in [0.15, 0.2) is 78.3 Å². The lowest BCUT2D eigenvalue weighted by Gasteiger charge is -2.35. The number of hydrogen-bond donors (Lipinski definition) is 5. The number of hydrogen-bond acceptors (Lipinski definition) is 8. The number of H-pyrrole nitrogens is 1. The van der Waals surface area contributed by atoms with Crippen LogP contribution in [-0.4, -0.2) is 52.5 Å². The maximum Gasteiger partial charge on any atom is 0.257 e. The van der Waals surface area contributed by atoms with Gasteiger partial charge in [0.15, 0.2) is 0 Å². The summed E-state index contributed by atoms with van der Waals surface area (Å²) in [5.41, 5.74) is 21.5. The molecule has 3 rings (SSSR count). The molecule has 2 aromatic heterocycles. The van der Waals surface area contributed by atoms with E-state index in [2.05, 4.69) is 45.2 Å². The third kappa shape index (κ3) is 6.64. The van der Waals surface area contributed by atoms with E-state index in [0.29, 0.717) is 39.6 Å². The van der Waals surface area contributed by atoms with Crippen molar-refractivity contribution in [1.29, 1.82) is 0 Å². The molecule has 1 saturated heterocycles. The third-order valence-corrected chi connectivity index (χ3v) is 5.85. The number of nitrogens with one attached hydrogen (secondary N) is 2. The number of aromatic nitrogens is 2. The molecule has 2 aromatic rings. The second-order valence-corrected chi connectivity index (χ2v) is 8.18. The molecule has 35 heavy (non-hydrogen) atoms. The Labute approximate surface area is 206 Å². The zero-order chi connectivity index (χ0) is 25.4. The quantitative estimate of drug-likeness (QED) is 0.347. The summed E-state index contributed by atoms with van der Waals surface area (Å²) >= 11 is 0. The molecule has 0 atom stereocenters. The summed E-state index contributed by atoms with van der Waals surface area (Å²) in [5, 5.41) is 3.11. The summed E-state index contributed by atoms with van der Waals surface area (Å²) in [4.78, 5) is 24.0. The van der Waals surface area contributed by atoms with Crippen molar-refractivity contribution in [1.82, 2.24) is 25.1 Å². The molecule has 0 aromatic carbocycles. The van der Waals surface area contributed by atoms with E-state index in [1.165, 1.54) is 0 Å². The van der Waals surface area contributed by atoms with Gasteiger partial charge in [0.25, 0.3) is 5.56 Å². The minimum atomic E-state index is -0.299. The summed E-state index contributed by atoms with van der Waals surface area (Å²) in [5.74, 6) is 0.401. The number of allylic oxidation sites excluding steroid dienone is 2. The van der Waals surface area contributed by atoms with E-state index in [9.17, 15) is 4.79 Å². The van der Waals surface area contributed by atoms with Gasteiger partial charge in [0, 0.05) is 67.4 Å². The maximum absolute atomic E-state index is 12.7. The lowest BCUT2D eigenvalue weighted by atomic mass is 10.0. The lowest BCUT2D eigenvalue weighted by molar-refractivity contribution is 0.168. The Balaban J connectivity index is 1.73. The first-order valence-corrected chi connectivity index (χ1v) is 11.5. The molecule has 9 heteroatoms. The predicted octanol–water partition coefficient (Wildman–Crippen LogP) is 1.88. The second kappa shape index (κ2) is 11.8. The normalized spacial score (nSPS) is 15.4. The van der Waals surface area contributed by atoms with Gasteiger partial charge in [0.1, 0.15) is 5.82 Å². The highest BCUT2D eigenvalue weighted by Gasteiger charge is 2.16. The van der Waals surface area contributed by atoms with Crippen LogP contribution >= 0.6 is 0 Å². The number of likely N-dealkylation sites (N-methyl/N-ethyl adjacent to an activating group) is 1. The van der Waals surface area contributed by atoms with Gasteiger partial charge in [0.2, 0.25) is 0 Å². The summed E-state index contributed by atoms with van der Waals surface area (Å²) in [6, 6.07) is 5.19. The number of pyridine rings is 2. The van der Waals surface area contributed by atoms with Gasteiger partial charge >= 0.3 is 0 Å². The highest BCUT2D eigenvalue weighted by molar-refractivity contribution is 5.83. The fourth-order valence-corrected chi connectivity index (χ4v) is 3.82. The first kappa shape index (κ1) is 25.4. The average Bonchev–Trinajstić information content (AvgIpc) is 2.85. The van der Waals surface area contributed by atoms with E-state index in [4.69, 9.17) is 17.2 Å². The maximum atomic E-state index is 12.7. The molecule has 9 nitrogen and oxygen atoms in total. The van der Waals surface area contributed by atoms with Crippen molar-refractivity contribution in [3.63, 3.8) is 0 Å². The molecule has 0 unspecified atom stereocenters. The average molecular weight is 475 g/mol. The summed E-state index contributed by atoms with van der Waals surface area (Å²) < 4.78 is 0. The number of piperazine rings is 1. The van der Waals surface area contributed by atoms with Crippen LogP contribution < -0.4 is 28.1 Å². The monoisotopic (exact) mass is 474 g/mol. The second-order valence-electron chi connectivity index (χ2n) is 8.18. The van der Waals surface area contributed by atoms with Crippen molar-refractivity contribution in [2.45, 2.75) is 6.92 Å². The largest absolute Gasteiger partial charge is 0.403 e. The SMILES string of the molecule is C=C(/C=C\C(=C/N)N1CCN(CC)CC1)NC(=C)c1c(/C=C(\N)c2ccc(N)nc2)cc[nH]c1=O. The Morgan fingerprint density at radius 2 is 1.94 bits per heavy atom. The first-order valence-electron chi connectivity index (χ1n) is 11.5. The Kier molecular flexibility index (Phi) is 8.53. The predicted molar refractivity (Wildman–Crippen MR) is 144 cm³/mol. The van der Waals surface area contributed by atoms with E-state index in [1.54, 1.807) is 42.9 Å². The molecule has 0 bridgehead atoms. The summed E-state index contributed by atoms with van der Waals surface area (Å²) in [7, 11) is 0. The molecular weight excluding hydrogens is 440 g/mol. The molecule has 184 valence electrons. The Bertz CT molecular complexity index is 1200. The van der Waals surface area contributed by atoms with Crippen LogP contribution in [-0.2, 0) is 0 Å². The topological polar surface area (TPSA) is 142 Å². The van der Waals surface area contributed by atoms with E-state index < -0.39 is 0 Å². The van der Waals surface area contributed by atoms with Crippen LogP contribution in [0.1, 0.15) is 23.6 Å². The summed E-state index contributed by atoms with van der Waals surface area (Å²) in [6.07, 6.45) is 10.2. The number of nitrogens with two attached hydrogens (primary N) is 3. The summed E-state index contributed by atoms with van der Waals surface area (Å²) in [6.45, 7) is 15.1. The molecule has 0 radical (unpaired) electrons. The van der Waals surface area contributed by atoms with Crippen LogP contribution in [0.3, 0.4) is 0 Å². The molecule has 1 aliphatic heterocycles. The van der Waals surface area contributed by atoms with Gasteiger partial charge in [-0.1, -0.05) is 20.1 Å². The number of anilines is 1. The van der Waals surface area contributed by atoms with E-state index in [1.807, 2.05) is 12.2 Å². The van der Waals surface area contributed by atoms with Crippen LogP contribution in [0.25, 0.3) is 17.5 Å². The van der Waals surface area contributed by atoms with Gasteiger partial charge in [-0.2, -0.15) is 0 Å². The van der Waals surface area contributed by atoms with Crippen LogP contribution in [0.5, 0.6) is 0 Å². The fraction of sp³-hybridized carbons (Fsp3) is 0.231. The molecule has 1 fully saturated rings. The molecule has 3 heterocycles. The Hall–Kier alpha value is -4.24. The Morgan fingerprint density at radius 3 is 2.57 bits per heavy atom. The van der Waals surface area contributed by atoms with Crippen LogP contribution in [0.4, 0.5) is 5.82 Å². The Morgan fingerprint density at radius 1 is 1.20 bits per heavy atom. The molecule has 8 N–H and O–H groups in total. The van der Waals surface area contributed by atoms with Gasteiger partial charge in [-0.3, -0.25) is 4.79 Å². The van der Waals surface area contributed by atoms with Crippen molar-refractivity contribution < 1.29 is 0 Å². The molecule has 0 spiro atoms. The fourth-order valence-electron chi connectivity index (χ4n) is 3.82. The molecule has 0 saturated carbocycles. The van der Waals surface area contributed by atoms with Crippen molar-refractivity contribution in [2.24, 2.45) is 11.5 Å². The standard InChI is InChI=1S/C26H34N8O/c1-4-33-11-13-34(14-12-33)22(16-27)7-5-18(2)32-19(3)25-20(9-10-30-26(25)35)15-23(28)21-6-8-24(29)31-17-21/h5-10,15-17,32H,2-4,11-14,27-28H2,1H3,(H2,29,31)(H,30,35)/b7-5-,22-16+,23-15-. The molecular formula is C26H34N8O. The minimum Gasteiger partial charge on any atom is -0.403 e. The highest BCUT2D eigenvalue weighted by atomic mass is 16.1. The van der Waals surface area contributed by atoms with Gasteiger partial charge in [-0.05, 0) is 48.5 Å². The zero-order valence-electron chi connectivity index (χ0n) is 20.1.